The molecule has 1 N–H and O–H groups in total. The molecule has 4 atom stereocenters. The van der Waals surface area contributed by atoms with Crippen molar-refractivity contribution in [2.45, 2.75) is 141 Å². The van der Waals surface area contributed by atoms with E-state index in [1.807, 2.05) is 90.7 Å². The number of aromatic nitrogens is 1. The third-order valence-electron chi connectivity index (χ3n) is 12.1. The minimum atomic E-state index is -0.797. The van der Waals surface area contributed by atoms with E-state index < -0.39 is 18.2 Å². The number of nitrogens with one attached hydrogen (secondary N) is 1. The van der Waals surface area contributed by atoms with E-state index >= 15 is 4.79 Å². The Morgan fingerprint density at radius 2 is 1.49 bits per heavy atom. The smallest absolute Gasteiger partial charge is 0.319 e. The molecule has 2 aliphatic heterocycles. The molecule has 4 amide bonds. The maximum atomic E-state index is 15.0. The summed E-state index contributed by atoms with van der Waals surface area (Å²) in [4.78, 5) is 66.4. The summed E-state index contributed by atoms with van der Waals surface area (Å²) < 4.78 is 5.68. The summed E-state index contributed by atoms with van der Waals surface area (Å²) in [6, 6.07) is 27.2. The Bertz CT molecular complexity index is 1950. The van der Waals surface area contributed by atoms with E-state index in [1.165, 1.54) is 44.9 Å². The third kappa shape index (κ3) is 11.9. The number of hydrogen-bond acceptors (Lipinski definition) is 6. The number of unbranched alkanes of at least 4 members (excludes halogenated alkanes) is 9. The minimum Gasteiger partial charge on any atom is -0.427 e. The highest BCUT2D eigenvalue weighted by molar-refractivity contribution is 5.92. The molecule has 0 spiro atoms. The number of pyridine rings is 1. The van der Waals surface area contributed by atoms with Gasteiger partial charge in [0.15, 0.2) is 0 Å². The molecule has 2 aliphatic rings. The van der Waals surface area contributed by atoms with Crippen LogP contribution in [0.5, 0.6) is 5.75 Å². The highest BCUT2D eigenvalue weighted by Crippen LogP contribution is 2.36. The molecule has 1 aromatic heterocycles. The number of para-hydroxylation sites is 2. The first-order chi connectivity index (χ1) is 28.8. The van der Waals surface area contributed by atoms with Gasteiger partial charge in [0.05, 0.1) is 11.6 Å². The number of carbonyl (C=O) groups excluding carboxylic acids is 4. The van der Waals surface area contributed by atoms with Crippen molar-refractivity contribution in [3.8, 4) is 5.75 Å². The number of ether oxygens (including phenoxy) is 1. The van der Waals surface area contributed by atoms with Crippen LogP contribution in [0.1, 0.15) is 121 Å². The van der Waals surface area contributed by atoms with E-state index in [2.05, 4.69) is 17.2 Å². The molecule has 6 rings (SSSR count). The van der Waals surface area contributed by atoms with Gasteiger partial charge in [0.2, 0.25) is 11.8 Å². The van der Waals surface area contributed by atoms with Gasteiger partial charge in [-0.3, -0.25) is 19.4 Å². The zero-order chi connectivity index (χ0) is 41.4. The second-order valence-electron chi connectivity index (χ2n) is 16.4. The lowest BCUT2D eigenvalue weighted by Crippen LogP contribution is -2.75. The summed E-state index contributed by atoms with van der Waals surface area (Å²) >= 11 is 0. The van der Waals surface area contributed by atoms with Crippen LogP contribution in [0.4, 0.5) is 4.79 Å². The van der Waals surface area contributed by atoms with E-state index in [9.17, 15) is 14.4 Å². The number of rotatable bonds is 21. The fourth-order valence-corrected chi connectivity index (χ4v) is 8.92. The molecular weight excluding hydrogens is 739 g/mol. The number of piperazine rings is 1. The van der Waals surface area contributed by atoms with Crippen molar-refractivity contribution in [2.75, 3.05) is 6.54 Å². The topological polar surface area (TPSA) is 112 Å². The van der Waals surface area contributed by atoms with Gasteiger partial charge in [-0.25, -0.2) is 4.79 Å². The lowest BCUT2D eigenvalue weighted by atomic mass is 9.86. The summed E-state index contributed by atoms with van der Waals surface area (Å²) in [5.41, 5.74) is 2.70. The zero-order valence-corrected chi connectivity index (χ0v) is 35.1. The van der Waals surface area contributed by atoms with Gasteiger partial charge in [0.1, 0.15) is 18.0 Å². The van der Waals surface area contributed by atoms with Gasteiger partial charge < -0.3 is 24.8 Å². The van der Waals surface area contributed by atoms with Crippen molar-refractivity contribution in [1.82, 2.24) is 25.0 Å². The Hall–Kier alpha value is -5.25. The normalized spacial score (nSPS) is 18.5. The van der Waals surface area contributed by atoms with E-state index in [0.717, 1.165) is 47.7 Å². The summed E-state index contributed by atoms with van der Waals surface area (Å²) in [6.07, 6.45) is 15.3. The fraction of sp³-hybridized carbons (Fsp3) is 0.490. The van der Waals surface area contributed by atoms with Gasteiger partial charge >= 0.3 is 12.0 Å². The van der Waals surface area contributed by atoms with Crippen LogP contribution in [-0.4, -0.2) is 68.3 Å². The maximum absolute atomic E-state index is 15.0. The Balaban J connectivity index is 1.23. The van der Waals surface area contributed by atoms with Gasteiger partial charge in [-0.1, -0.05) is 150 Å². The number of hydrogen-bond donors (Lipinski definition) is 1. The van der Waals surface area contributed by atoms with Crippen LogP contribution in [0.2, 0.25) is 0 Å². The second-order valence-corrected chi connectivity index (χ2v) is 16.4. The van der Waals surface area contributed by atoms with Gasteiger partial charge in [-0.05, 0) is 55.0 Å². The van der Waals surface area contributed by atoms with Gasteiger partial charge in [-0.15, -0.1) is 0 Å². The Morgan fingerprint density at radius 1 is 0.814 bits per heavy atom. The van der Waals surface area contributed by atoms with Gasteiger partial charge in [-0.2, -0.15) is 0 Å². The van der Waals surface area contributed by atoms with Crippen molar-refractivity contribution < 1.29 is 23.9 Å². The minimum absolute atomic E-state index is 0.0217. The molecule has 0 radical (unpaired) electrons. The van der Waals surface area contributed by atoms with Crippen LogP contribution in [0.15, 0.2) is 97.2 Å². The molecule has 2 unspecified atom stereocenters. The molecule has 10 nitrogen and oxygen atoms in total. The van der Waals surface area contributed by atoms with Crippen LogP contribution in [0.25, 0.3) is 10.9 Å². The first-order valence-corrected chi connectivity index (χ1v) is 22.1. The summed E-state index contributed by atoms with van der Waals surface area (Å²) in [7, 11) is 0. The van der Waals surface area contributed by atoms with Crippen LogP contribution in [-0.2, 0) is 27.5 Å². The highest BCUT2D eigenvalue weighted by Gasteiger charge is 2.52. The average Bonchev–Trinajstić information content (AvgIpc) is 3.26. The van der Waals surface area contributed by atoms with Crippen molar-refractivity contribution in [3.63, 3.8) is 0 Å². The number of fused-ring (bicyclic) bond motifs is 2. The summed E-state index contributed by atoms with van der Waals surface area (Å²) in [6.45, 7) is 5.08. The Labute approximate surface area is 350 Å². The maximum Gasteiger partial charge on any atom is 0.319 e. The molecule has 59 heavy (non-hydrogen) atoms. The lowest BCUT2D eigenvalue weighted by molar-refractivity contribution is -0.175. The van der Waals surface area contributed by atoms with Crippen molar-refractivity contribution >= 4 is 34.7 Å². The molecule has 3 aromatic carbocycles. The van der Waals surface area contributed by atoms with E-state index in [1.54, 1.807) is 28.1 Å². The lowest BCUT2D eigenvalue weighted by Gasteiger charge is -2.56. The third-order valence-corrected chi connectivity index (χ3v) is 12.1. The SMILES string of the molecule is CCCCCCCCCCCCC(CCC(=O)Oc1ccccc1)C[C@H]1C(=O)N(Cc2cccc3cccnc23)[C@@H](C)C2N(C(=O)NCc3ccccc3)CCC(=O)N21. The molecule has 2 fully saturated rings. The predicted molar refractivity (Wildman–Crippen MR) is 232 cm³/mol. The van der Waals surface area contributed by atoms with Crippen molar-refractivity contribution in [1.29, 1.82) is 0 Å². The molecule has 10 heteroatoms. The number of amides is 4. The summed E-state index contributed by atoms with van der Waals surface area (Å²) in [5, 5.41) is 4.07. The first kappa shape index (κ1) is 43.3. The number of carbonyl (C=O) groups is 4. The Kier molecular flexibility index (Phi) is 16.3. The van der Waals surface area contributed by atoms with Gasteiger partial charge in [0, 0.05) is 44.1 Å². The van der Waals surface area contributed by atoms with Crippen LogP contribution in [0, 0.1) is 5.92 Å². The first-order valence-electron chi connectivity index (χ1n) is 22.1. The average molecular weight is 802 g/mol. The van der Waals surface area contributed by atoms with E-state index in [4.69, 9.17) is 4.74 Å². The predicted octanol–water partition coefficient (Wildman–Crippen LogP) is 9.81. The molecule has 314 valence electrons. The molecular formula is C49H63N5O5. The molecule has 0 bridgehead atoms. The molecule has 2 saturated heterocycles. The number of urea groups is 1. The fourth-order valence-electron chi connectivity index (χ4n) is 8.92. The molecule has 3 heterocycles. The number of nitrogens with zero attached hydrogens (tertiary/aromatic N) is 4. The van der Waals surface area contributed by atoms with Gasteiger partial charge in [0.25, 0.3) is 0 Å². The zero-order valence-electron chi connectivity index (χ0n) is 35.1. The summed E-state index contributed by atoms with van der Waals surface area (Å²) in [5.74, 6) is -0.0923. The van der Waals surface area contributed by atoms with E-state index in [0.29, 0.717) is 25.1 Å². The standard InChI is InChI=1S/C49H63N5O5/c1-3-4-5-6-7-8-9-10-11-14-21-38(29-30-45(56)59-42-27-17-13-18-28-42)34-43-48(57)53(36-41-25-19-24-40-26-20-32-50-46(40)41)37(2)47-52(33-31-44(55)54(43)47)49(58)51-35-39-22-15-12-16-23-39/h12-13,15-20,22-28,32,37-38,43,47H,3-11,14,21,29-31,33-36H2,1-2H3,(H,51,58)/t37-,38?,43-,47?/m0/s1. The van der Waals surface area contributed by atoms with E-state index in [-0.39, 0.29) is 55.7 Å². The number of esters is 1. The number of benzene rings is 3. The van der Waals surface area contributed by atoms with Crippen molar-refractivity contribution in [2.24, 2.45) is 5.92 Å². The molecule has 0 saturated carbocycles. The molecule has 4 aromatic rings. The van der Waals surface area contributed by atoms with Crippen molar-refractivity contribution in [3.05, 3.63) is 108 Å². The van der Waals surface area contributed by atoms with Crippen LogP contribution < -0.4 is 10.1 Å². The largest absolute Gasteiger partial charge is 0.427 e. The highest BCUT2D eigenvalue weighted by atomic mass is 16.5. The quantitative estimate of drug-likeness (QED) is 0.0510. The molecule has 0 aliphatic carbocycles. The Morgan fingerprint density at radius 3 is 2.22 bits per heavy atom. The van der Waals surface area contributed by atoms with Crippen LogP contribution in [0.3, 0.4) is 0 Å². The second kappa shape index (κ2) is 22.2. The monoisotopic (exact) mass is 801 g/mol. The van der Waals surface area contributed by atoms with Crippen LogP contribution >= 0.6 is 0 Å².